The highest BCUT2D eigenvalue weighted by atomic mass is 32.2. The molecular formula is C17H23NO6S. The first-order chi connectivity index (χ1) is 11.7. The smallest absolute Gasteiger partial charge is 0.324 e. The van der Waals surface area contributed by atoms with Crippen LogP contribution in [0.15, 0.2) is 29.4 Å². The van der Waals surface area contributed by atoms with Gasteiger partial charge in [0.05, 0.1) is 5.71 Å². The van der Waals surface area contributed by atoms with Crippen molar-refractivity contribution in [2.24, 2.45) is 5.16 Å². The van der Waals surface area contributed by atoms with Crippen LogP contribution in [0.3, 0.4) is 0 Å². The largest absolute Gasteiger partial charge is 0.480 e. The predicted octanol–water partition coefficient (Wildman–Crippen LogP) is 1.38. The summed E-state index contributed by atoms with van der Waals surface area (Å²) >= 11 is 0. The topological polar surface area (TPSA) is 113 Å². The van der Waals surface area contributed by atoms with E-state index < -0.39 is 26.7 Å². The monoisotopic (exact) mass is 369 g/mol. The highest BCUT2D eigenvalue weighted by molar-refractivity contribution is 7.92. The molecule has 7 nitrogen and oxygen atoms in total. The number of carboxylic acids is 1. The Bertz CT molecular complexity index is 756. The number of carboxylic acid groups (broad SMARTS) is 1. The van der Waals surface area contributed by atoms with Crippen LogP contribution in [0.1, 0.15) is 37.3 Å². The number of carbonyl (C=O) groups is 1. The lowest BCUT2D eigenvalue weighted by Crippen LogP contribution is -2.45. The second-order valence-electron chi connectivity index (χ2n) is 6.51. The molecule has 0 aliphatic carbocycles. The maximum atomic E-state index is 11.9. The number of aliphatic hydroxyl groups excluding tert-OH is 1. The summed E-state index contributed by atoms with van der Waals surface area (Å²) in [4.78, 5) is 16.7. The van der Waals surface area contributed by atoms with Crippen LogP contribution in [0.25, 0.3) is 0 Å². The Morgan fingerprint density at radius 2 is 2.00 bits per heavy atom. The van der Waals surface area contributed by atoms with Crippen LogP contribution in [-0.4, -0.2) is 54.0 Å². The van der Waals surface area contributed by atoms with Crippen molar-refractivity contribution in [1.29, 1.82) is 0 Å². The van der Waals surface area contributed by atoms with Crippen LogP contribution in [-0.2, 0) is 25.9 Å². The average molecular weight is 369 g/mol. The van der Waals surface area contributed by atoms with E-state index in [1.165, 1.54) is 6.92 Å². The molecule has 1 aliphatic rings. The highest BCUT2D eigenvalue weighted by Crippen LogP contribution is 2.29. The quantitative estimate of drug-likeness (QED) is 0.716. The molecule has 1 heterocycles. The first kappa shape index (κ1) is 19.4. The van der Waals surface area contributed by atoms with Gasteiger partial charge in [-0.1, -0.05) is 29.4 Å². The highest BCUT2D eigenvalue weighted by Gasteiger charge is 2.47. The molecule has 2 rings (SSSR count). The molecule has 0 spiro atoms. The zero-order chi connectivity index (χ0) is 18.7. The second kappa shape index (κ2) is 7.53. The molecule has 1 aliphatic heterocycles. The first-order valence-corrected chi connectivity index (χ1v) is 9.92. The molecule has 0 saturated heterocycles. The van der Waals surface area contributed by atoms with Crippen molar-refractivity contribution in [1.82, 2.24) is 0 Å². The van der Waals surface area contributed by atoms with Crippen molar-refractivity contribution in [3.8, 4) is 0 Å². The van der Waals surface area contributed by atoms with Crippen molar-refractivity contribution in [3.63, 3.8) is 0 Å². The number of nitrogens with zero attached hydrogens (tertiary/aromatic N) is 1. The minimum Gasteiger partial charge on any atom is -0.480 e. The minimum atomic E-state index is -3.80. The molecule has 25 heavy (non-hydrogen) atoms. The van der Waals surface area contributed by atoms with E-state index in [0.29, 0.717) is 18.6 Å². The summed E-state index contributed by atoms with van der Waals surface area (Å²) in [5.74, 6) is -1.39. The van der Waals surface area contributed by atoms with Crippen molar-refractivity contribution >= 4 is 21.5 Å². The lowest BCUT2D eigenvalue weighted by atomic mass is 9.96. The molecule has 0 unspecified atom stereocenters. The van der Waals surface area contributed by atoms with Gasteiger partial charge in [-0.3, -0.25) is 4.79 Å². The summed E-state index contributed by atoms with van der Waals surface area (Å²) in [6, 6.07) is 7.67. The van der Waals surface area contributed by atoms with Gasteiger partial charge >= 0.3 is 5.97 Å². The zero-order valence-electron chi connectivity index (χ0n) is 14.3. The SMILES string of the molecule is C[C@@](C[C@H]1CC(c2ccc(CCCO)cc2)=NO1)(C(=O)O)S(C)(=O)=O. The zero-order valence-corrected chi connectivity index (χ0v) is 15.1. The van der Waals surface area contributed by atoms with Gasteiger partial charge in [0.25, 0.3) is 0 Å². The van der Waals surface area contributed by atoms with Crippen molar-refractivity contribution in [3.05, 3.63) is 35.4 Å². The molecule has 0 bridgehead atoms. The fraction of sp³-hybridized carbons (Fsp3) is 0.529. The van der Waals surface area contributed by atoms with Gasteiger partial charge in [0.2, 0.25) is 0 Å². The van der Waals surface area contributed by atoms with E-state index in [-0.39, 0.29) is 13.0 Å². The summed E-state index contributed by atoms with van der Waals surface area (Å²) < 4.78 is 21.8. The third-order valence-corrected chi connectivity index (χ3v) is 6.51. The molecule has 0 aromatic heterocycles. The Balaban J connectivity index is 2.04. The number of sulfone groups is 1. The summed E-state index contributed by atoms with van der Waals surface area (Å²) in [6.07, 6.45) is 2.00. The van der Waals surface area contributed by atoms with Crippen LogP contribution < -0.4 is 0 Å². The molecule has 2 atom stereocenters. The standard InChI is InChI=1S/C17H23NO6S/c1-17(16(20)21,25(2,22)23)11-14-10-15(18-24-14)13-7-5-12(6-8-13)4-3-9-19/h5-8,14,19H,3-4,9-11H2,1-2H3,(H,20,21)/t14-,17-/m1/s1. The van der Waals surface area contributed by atoms with Gasteiger partial charge in [-0.15, -0.1) is 0 Å². The maximum Gasteiger partial charge on any atom is 0.324 e. The summed E-state index contributed by atoms with van der Waals surface area (Å²) in [7, 11) is -3.80. The van der Waals surface area contributed by atoms with E-state index in [9.17, 15) is 18.3 Å². The number of benzene rings is 1. The van der Waals surface area contributed by atoms with Gasteiger partial charge in [-0.2, -0.15) is 0 Å². The normalized spacial score (nSPS) is 19.8. The molecule has 2 N–H and O–H groups in total. The van der Waals surface area contributed by atoms with Gasteiger partial charge in [0.1, 0.15) is 6.10 Å². The predicted molar refractivity (Wildman–Crippen MR) is 93.4 cm³/mol. The Labute approximate surface area is 147 Å². The van der Waals surface area contributed by atoms with E-state index >= 15 is 0 Å². The number of aliphatic hydroxyl groups is 1. The Morgan fingerprint density at radius 1 is 1.36 bits per heavy atom. The Morgan fingerprint density at radius 3 is 2.52 bits per heavy atom. The Kier molecular flexibility index (Phi) is 5.84. The molecular weight excluding hydrogens is 346 g/mol. The molecule has 0 amide bonds. The lowest BCUT2D eigenvalue weighted by molar-refractivity contribution is -0.140. The molecule has 8 heteroatoms. The number of oxime groups is 1. The molecule has 0 radical (unpaired) electrons. The number of hydrogen-bond donors (Lipinski definition) is 2. The second-order valence-corrected chi connectivity index (χ2v) is 8.95. The van der Waals surface area contributed by atoms with E-state index in [2.05, 4.69) is 5.16 Å². The maximum absolute atomic E-state index is 11.9. The van der Waals surface area contributed by atoms with Crippen LogP contribution in [0.2, 0.25) is 0 Å². The number of aryl methyl sites for hydroxylation is 1. The summed E-state index contributed by atoms with van der Waals surface area (Å²) in [5.41, 5.74) is 2.62. The molecule has 0 saturated carbocycles. The minimum absolute atomic E-state index is 0.145. The third kappa shape index (κ3) is 4.38. The number of rotatable bonds is 8. The van der Waals surface area contributed by atoms with E-state index in [0.717, 1.165) is 23.8 Å². The van der Waals surface area contributed by atoms with Gasteiger partial charge in [0.15, 0.2) is 14.6 Å². The van der Waals surface area contributed by atoms with Crippen LogP contribution in [0, 0.1) is 0 Å². The van der Waals surface area contributed by atoms with Crippen molar-refractivity contribution in [2.75, 3.05) is 12.9 Å². The number of hydrogen-bond acceptors (Lipinski definition) is 6. The van der Waals surface area contributed by atoms with Gasteiger partial charge < -0.3 is 15.1 Å². The molecule has 1 aromatic rings. The van der Waals surface area contributed by atoms with Gasteiger partial charge in [0, 0.05) is 25.7 Å². The summed E-state index contributed by atoms with van der Waals surface area (Å²) in [6.45, 7) is 1.34. The molecule has 138 valence electrons. The third-order valence-electron chi connectivity index (χ3n) is 4.53. The summed E-state index contributed by atoms with van der Waals surface area (Å²) in [5, 5.41) is 22.2. The van der Waals surface area contributed by atoms with Crippen molar-refractivity contribution in [2.45, 2.75) is 43.5 Å². The van der Waals surface area contributed by atoms with Gasteiger partial charge in [-0.05, 0) is 30.9 Å². The first-order valence-electron chi connectivity index (χ1n) is 8.03. The molecule has 1 aromatic carbocycles. The van der Waals surface area contributed by atoms with E-state index in [4.69, 9.17) is 9.94 Å². The van der Waals surface area contributed by atoms with Crippen molar-refractivity contribution < 1.29 is 28.3 Å². The average Bonchev–Trinajstić information content (AvgIpc) is 3.00. The van der Waals surface area contributed by atoms with Crippen LogP contribution in [0.4, 0.5) is 0 Å². The van der Waals surface area contributed by atoms with E-state index in [1.54, 1.807) is 0 Å². The van der Waals surface area contributed by atoms with E-state index in [1.807, 2.05) is 24.3 Å². The Hall–Kier alpha value is -1.93. The molecule has 0 fully saturated rings. The van der Waals surface area contributed by atoms with Crippen LogP contribution in [0.5, 0.6) is 0 Å². The lowest BCUT2D eigenvalue weighted by Gasteiger charge is -2.24. The number of aliphatic carboxylic acids is 1. The fourth-order valence-electron chi connectivity index (χ4n) is 2.69. The van der Waals surface area contributed by atoms with Crippen LogP contribution >= 0.6 is 0 Å². The fourth-order valence-corrected chi connectivity index (χ4v) is 3.49. The van der Waals surface area contributed by atoms with Gasteiger partial charge in [-0.25, -0.2) is 8.42 Å².